The number of hydrogen-bond acceptors (Lipinski definition) is 4. The molecule has 1 heterocycles. The first-order chi connectivity index (χ1) is 7.61. The molecule has 0 spiro atoms. The third-order valence-electron chi connectivity index (χ3n) is 1.67. The van der Waals surface area contributed by atoms with Crippen LogP contribution in [0.3, 0.4) is 0 Å². The van der Waals surface area contributed by atoms with E-state index in [1.165, 1.54) is 7.05 Å². The van der Waals surface area contributed by atoms with Crippen LogP contribution in [0.5, 0.6) is 0 Å². The highest BCUT2D eigenvalue weighted by Crippen LogP contribution is 2.05. The standard InChI is InChI=1S/C8H10BrN5O2/c1-10-8(13-14(15)16)12-5-6-2-3-7(9)11-4-6/h2-4H,5H2,1H3,(H2,10,12,13). The fraction of sp³-hybridized carbons (Fsp3) is 0.250. The molecule has 8 heteroatoms. The van der Waals surface area contributed by atoms with Gasteiger partial charge in [0.1, 0.15) is 4.60 Å². The maximum atomic E-state index is 10.2. The van der Waals surface area contributed by atoms with Crippen LogP contribution in [0.4, 0.5) is 0 Å². The maximum absolute atomic E-state index is 10.2. The number of halogens is 1. The number of nitrogens with one attached hydrogen (secondary N) is 2. The van der Waals surface area contributed by atoms with Crippen molar-refractivity contribution >= 4 is 21.9 Å². The normalized spacial score (nSPS) is 11.0. The summed E-state index contributed by atoms with van der Waals surface area (Å²) in [6.45, 7) is 0.411. The predicted molar refractivity (Wildman–Crippen MR) is 62.3 cm³/mol. The molecule has 0 aliphatic heterocycles. The first kappa shape index (κ1) is 12.4. The van der Waals surface area contributed by atoms with Crippen molar-refractivity contribution in [1.29, 1.82) is 0 Å². The highest BCUT2D eigenvalue weighted by molar-refractivity contribution is 9.10. The van der Waals surface area contributed by atoms with Gasteiger partial charge in [0.15, 0.2) is 5.03 Å². The molecular weight excluding hydrogens is 278 g/mol. The van der Waals surface area contributed by atoms with Crippen molar-refractivity contribution in [2.45, 2.75) is 6.54 Å². The number of pyridine rings is 1. The SMILES string of the molecule is CN=C(NCc1ccc(Br)nc1)N[N+](=O)[O-]. The van der Waals surface area contributed by atoms with Crippen LogP contribution in [0.1, 0.15) is 5.56 Å². The van der Waals surface area contributed by atoms with E-state index >= 15 is 0 Å². The van der Waals surface area contributed by atoms with Gasteiger partial charge < -0.3 is 5.32 Å². The van der Waals surface area contributed by atoms with E-state index in [4.69, 9.17) is 0 Å². The van der Waals surface area contributed by atoms with Crippen LogP contribution in [-0.2, 0) is 6.54 Å². The van der Waals surface area contributed by atoms with Gasteiger partial charge in [-0.25, -0.2) is 15.1 Å². The van der Waals surface area contributed by atoms with Crippen LogP contribution in [0, 0.1) is 10.1 Å². The van der Waals surface area contributed by atoms with Gasteiger partial charge in [0, 0.05) is 19.8 Å². The summed E-state index contributed by atoms with van der Waals surface area (Å²) >= 11 is 3.21. The molecule has 1 rings (SSSR count). The molecule has 0 saturated heterocycles. The molecule has 16 heavy (non-hydrogen) atoms. The van der Waals surface area contributed by atoms with Gasteiger partial charge in [0.2, 0.25) is 0 Å². The van der Waals surface area contributed by atoms with Crippen LogP contribution in [0.25, 0.3) is 0 Å². The number of hydrogen-bond donors (Lipinski definition) is 2. The lowest BCUT2D eigenvalue weighted by Crippen LogP contribution is -2.40. The van der Waals surface area contributed by atoms with Crippen LogP contribution in [-0.4, -0.2) is 23.0 Å². The number of hydrazine groups is 1. The van der Waals surface area contributed by atoms with E-state index in [1.54, 1.807) is 12.3 Å². The molecule has 0 aliphatic rings. The lowest BCUT2D eigenvalue weighted by atomic mass is 10.3. The van der Waals surface area contributed by atoms with Crippen molar-refractivity contribution in [2.75, 3.05) is 7.05 Å². The van der Waals surface area contributed by atoms with Gasteiger partial charge in [-0.3, -0.25) is 4.99 Å². The average molecular weight is 288 g/mol. The number of aromatic nitrogens is 1. The monoisotopic (exact) mass is 287 g/mol. The summed E-state index contributed by atoms with van der Waals surface area (Å²) in [4.78, 5) is 17.9. The second-order valence-electron chi connectivity index (χ2n) is 2.78. The molecular formula is C8H10BrN5O2. The third kappa shape index (κ3) is 4.22. The van der Waals surface area contributed by atoms with Gasteiger partial charge in [0.05, 0.1) is 0 Å². The Morgan fingerprint density at radius 1 is 1.69 bits per heavy atom. The number of guanidine groups is 1. The minimum absolute atomic E-state index is 0.105. The molecule has 0 aromatic carbocycles. The highest BCUT2D eigenvalue weighted by Gasteiger charge is 2.03. The van der Waals surface area contributed by atoms with Crippen LogP contribution < -0.4 is 10.7 Å². The zero-order valence-corrected chi connectivity index (χ0v) is 10.1. The van der Waals surface area contributed by atoms with E-state index in [9.17, 15) is 10.1 Å². The molecule has 0 unspecified atom stereocenters. The molecule has 0 amide bonds. The topological polar surface area (TPSA) is 92.5 Å². The van der Waals surface area contributed by atoms with E-state index in [1.807, 2.05) is 11.5 Å². The van der Waals surface area contributed by atoms with E-state index in [2.05, 4.69) is 31.2 Å². The molecule has 0 aliphatic carbocycles. The summed E-state index contributed by atoms with van der Waals surface area (Å²) in [6.07, 6.45) is 1.66. The average Bonchev–Trinajstić information content (AvgIpc) is 2.26. The van der Waals surface area contributed by atoms with Crippen molar-refractivity contribution < 1.29 is 5.03 Å². The smallest absolute Gasteiger partial charge is 0.254 e. The zero-order chi connectivity index (χ0) is 12.0. The van der Waals surface area contributed by atoms with Crippen molar-refractivity contribution in [2.24, 2.45) is 4.99 Å². The zero-order valence-electron chi connectivity index (χ0n) is 8.48. The van der Waals surface area contributed by atoms with Crippen molar-refractivity contribution in [3.63, 3.8) is 0 Å². The Balaban J connectivity index is 2.50. The molecule has 2 N–H and O–H groups in total. The van der Waals surface area contributed by atoms with Gasteiger partial charge in [-0.1, -0.05) is 11.5 Å². The minimum Gasteiger partial charge on any atom is -0.348 e. The summed E-state index contributed by atoms with van der Waals surface area (Å²) in [5.74, 6) is 0.105. The fourth-order valence-corrected chi connectivity index (χ4v) is 1.19. The van der Waals surface area contributed by atoms with Gasteiger partial charge in [0.25, 0.3) is 5.96 Å². The predicted octanol–water partition coefficient (Wildman–Crippen LogP) is 0.701. The van der Waals surface area contributed by atoms with Gasteiger partial charge in [-0.05, 0) is 27.6 Å². The Kier molecular flexibility index (Phi) is 4.65. The molecule has 0 atom stereocenters. The number of nitro groups is 1. The molecule has 86 valence electrons. The Bertz CT molecular complexity index is 392. The minimum atomic E-state index is -0.671. The molecule has 0 bridgehead atoms. The molecule has 0 fully saturated rings. The third-order valence-corrected chi connectivity index (χ3v) is 2.14. The molecule has 0 radical (unpaired) electrons. The van der Waals surface area contributed by atoms with Crippen molar-refractivity contribution in [3.05, 3.63) is 38.6 Å². The van der Waals surface area contributed by atoms with E-state index < -0.39 is 5.03 Å². The number of rotatable bonds is 3. The summed E-state index contributed by atoms with van der Waals surface area (Å²) in [6, 6.07) is 3.64. The Hall–Kier alpha value is -1.70. The summed E-state index contributed by atoms with van der Waals surface area (Å²) in [5, 5.41) is 12.3. The first-order valence-electron chi connectivity index (χ1n) is 4.34. The Morgan fingerprint density at radius 3 is 2.94 bits per heavy atom. The maximum Gasteiger partial charge on any atom is 0.254 e. The summed E-state index contributed by atoms with van der Waals surface area (Å²) < 4.78 is 0.740. The van der Waals surface area contributed by atoms with Gasteiger partial charge in [-0.15, -0.1) is 0 Å². The fourth-order valence-electron chi connectivity index (χ4n) is 0.952. The Morgan fingerprint density at radius 2 is 2.44 bits per heavy atom. The van der Waals surface area contributed by atoms with Gasteiger partial charge in [-0.2, -0.15) is 0 Å². The lowest BCUT2D eigenvalue weighted by molar-refractivity contribution is -0.525. The van der Waals surface area contributed by atoms with Crippen molar-refractivity contribution in [3.8, 4) is 0 Å². The molecule has 1 aromatic heterocycles. The largest absolute Gasteiger partial charge is 0.348 e. The van der Waals surface area contributed by atoms with Crippen LogP contribution in [0.15, 0.2) is 27.9 Å². The van der Waals surface area contributed by atoms with E-state index in [-0.39, 0.29) is 5.96 Å². The van der Waals surface area contributed by atoms with E-state index in [0.29, 0.717) is 6.54 Å². The number of aliphatic imine (C=N–C) groups is 1. The first-order valence-corrected chi connectivity index (χ1v) is 5.13. The quantitative estimate of drug-likeness (QED) is 0.281. The molecule has 0 saturated carbocycles. The van der Waals surface area contributed by atoms with Crippen molar-refractivity contribution in [1.82, 2.24) is 15.7 Å². The molecule has 7 nitrogen and oxygen atoms in total. The summed E-state index contributed by atoms with van der Waals surface area (Å²) in [5.41, 5.74) is 2.84. The highest BCUT2D eigenvalue weighted by atomic mass is 79.9. The lowest BCUT2D eigenvalue weighted by Gasteiger charge is -2.05. The van der Waals surface area contributed by atoms with Gasteiger partial charge >= 0.3 is 0 Å². The molecule has 1 aromatic rings. The summed E-state index contributed by atoms with van der Waals surface area (Å²) in [7, 11) is 1.46. The van der Waals surface area contributed by atoms with Crippen LogP contribution in [0.2, 0.25) is 0 Å². The number of nitrogens with zero attached hydrogens (tertiary/aromatic N) is 3. The second kappa shape index (κ2) is 6.01. The van der Waals surface area contributed by atoms with Crippen LogP contribution >= 0.6 is 15.9 Å². The second-order valence-corrected chi connectivity index (χ2v) is 3.60. The Labute approximate surface area is 100 Å². The van der Waals surface area contributed by atoms with E-state index in [0.717, 1.165) is 10.2 Å².